The molecule has 0 aliphatic heterocycles. The van der Waals surface area contributed by atoms with Crippen molar-refractivity contribution in [1.82, 2.24) is 9.38 Å². The number of aromatic nitrogens is 2. The van der Waals surface area contributed by atoms with Gasteiger partial charge in [0.2, 0.25) is 0 Å². The molecule has 84 valence electrons. The van der Waals surface area contributed by atoms with Gasteiger partial charge in [-0.05, 0) is 36.4 Å². The van der Waals surface area contributed by atoms with E-state index in [1.165, 1.54) is 0 Å². The number of nitrogens with zero attached hydrogens (tertiary/aromatic N) is 2. The highest BCUT2D eigenvalue weighted by molar-refractivity contribution is 5.61. The van der Waals surface area contributed by atoms with Crippen LogP contribution in [0.15, 0.2) is 55.0 Å². The average molecular weight is 224 g/mol. The lowest BCUT2D eigenvalue weighted by Crippen LogP contribution is -1.89. The summed E-state index contributed by atoms with van der Waals surface area (Å²) >= 11 is 0. The van der Waals surface area contributed by atoms with Crippen LogP contribution in [0.25, 0.3) is 16.8 Å². The minimum absolute atomic E-state index is 0.857. The summed E-state index contributed by atoms with van der Waals surface area (Å²) in [4.78, 5) is 4.44. The zero-order valence-electron chi connectivity index (χ0n) is 9.50. The van der Waals surface area contributed by atoms with Crippen LogP contribution in [0, 0.1) is 0 Å². The Morgan fingerprint density at radius 2 is 1.94 bits per heavy atom. The molecule has 0 N–H and O–H groups in total. The monoisotopic (exact) mass is 224 g/mol. The van der Waals surface area contributed by atoms with Crippen LogP contribution in [0.1, 0.15) is 0 Å². The molecule has 0 fully saturated rings. The maximum Gasteiger partial charge on any atom is 0.118 e. The maximum absolute atomic E-state index is 5.14. The Kier molecular flexibility index (Phi) is 2.29. The molecule has 3 heteroatoms. The van der Waals surface area contributed by atoms with E-state index >= 15 is 0 Å². The highest BCUT2D eigenvalue weighted by atomic mass is 16.5. The molecule has 0 saturated heterocycles. The topological polar surface area (TPSA) is 26.5 Å². The van der Waals surface area contributed by atoms with Crippen LogP contribution in [-0.2, 0) is 0 Å². The minimum Gasteiger partial charge on any atom is -0.497 e. The number of hydrogen-bond acceptors (Lipinski definition) is 2. The molecule has 0 bridgehead atoms. The Labute approximate surface area is 99.3 Å². The molecule has 0 saturated carbocycles. The Balaban J connectivity index is 2.06. The van der Waals surface area contributed by atoms with E-state index in [2.05, 4.69) is 9.38 Å². The Hall–Kier alpha value is -2.29. The summed E-state index contributed by atoms with van der Waals surface area (Å²) in [5.41, 5.74) is 3.14. The normalized spacial score (nSPS) is 10.6. The van der Waals surface area contributed by atoms with Gasteiger partial charge in [0, 0.05) is 18.0 Å². The first-order valence-electron chi connectivity index (χ1n) is 5.44. The van der Waals surface area contributed by atoms with Crippen molar-refractivity contribution in [2.75, 3.05) is 7.11 Å². The second kappa shape index (κ2) is 3.94. The molecule has 2 heterocycles. The summed E-state index contributed by atoms with van der Waals surface area (Å²) < 4.78 is 7.20. The third-order valence-corrected chi connectivity index (χ3v) is 2.79. The van der Waals surface area contributed by atoms with Gasteiger partial charge in [-0.1, -0.05) is 0 Å². The molecule has 0 spiro atoms. The van der Waals surface area contributed by atoms with Gasteiger partial charge >= 0.3 is 0 Å². The number of benzene rings is 1. The summed E-state index contributed by atoms with van der Waals surface area (Å²) in [6, 6.07) is 11.9. The third-order valence-electron chi connectivity index (χ3n) is 2.79. The number of methoxy groups -OCH3 is 1. The second-order valence-electron chi connectivity index (χ2n) is 3.84. The van der Waals surface area contributed by atoms with Crippen molar-refractivity contribution in [2.45, 2.75) is 0 Å². The summed E-state index contributed by atoms with van der Waals surface area (Å²) in [7, 11) is 1.67. The van der Waals surface area contributed by atoms with Crippen LogP contribution in [0.5, 0.6) is 5.75 Å². The van der Waals surface area contributed by atoms with Crippen LogP contribution in [0.3, 0.4) is 0 Å². The molecule has 3 nitrogen and oxygen atoms in total. The standard InChI is InChI=1S/C14H12N2O/c1-17-13-6-4-11(5-7-13)14-10-16-8-2-3-12(16)9-15-14/h2-10H,1H3. The lowest BCUT2D eigenvalue weighted by molar-refractivity contribution is 0.415. The van der Waals surface area contributed by atoms with Gasteiger partial charge in [-0.2, -0.15) is 0 Å². The van der Waals surface area contributed by atoms with E-state index in [1.807, 2.05) is 55.0 Å². The van der Waals surface area contributed by atoms with Gasteiger partial charge in [-0.3, -0.25) is 4.98 Å². The average Bonchev–Trinajstić information content (AvgIpc) is 2.86. The van der Waals surface area contributed by atoms with Crippen LogP contribution in [0.2, 0.25) is 0 Å². The van der Waals surface area contributed by atoms with E-state index in [4.69, 9.17) is 4.74 Å². The van der Waals surface area contributed by atoms with E-state index in [9.17, 15) is 0 Å². The molecule has 1 aromatic carbocycles. The first-order chi connectivity index (χ1) is 8.36. The molecule has 0 amide bonds. The smallest absolute Gasteiger partial charge is 0.118 e. The lowest BCUT2D eigenvalue weighted by atomic mass is 10.1. The van der Waals surface area contributed by atoms with Crippen molar-refractivity contribution in [1.29, 1.82) is 0 Å². The van der Waals surface area contributed by atoms with Crippen molar-refractivity contribution in [2.24, 2.45) is 0 Å². The fourth-order valence-corrected chi connectivity index (χ4v) is 1.85. The van der Waals surface area contributed by atoms with Crippen LogP contribution < -0.4 is 4.74 Å². The van der Waals surface area contributed by atoms with Crippen LogP contribution in [-0.4, -0.2) is 16.5 Å². The Morgan fingerprint density at radius 3 is 2.71 bits per heavy atom. The van der Waals surface area contributed by atoms with E-state index in [0.717, 1.165) is 22.5 Å². The predicted octanol–water partition coefficient (Wildman–Crippen LogP) is 3.01. The molecule has 0 aliphatic carbocycles. The molecule has 17 heavy (non-hydrogen) atoms. The largest absolute Gasteiger partial charge is 0.497 e. The molecule has 0 radical (unpaired) electrons. The fraction of sp³-hybridized carbons (Fsp3) is 0.0714. The van der Waals surface area contributed by atoms with Gasteiger partial charge in [0.05, 0.1) is 24.5 Å². The molecule has 3 aromatic rings. The minimum atomic E-state index is 0.857. The Bertz CT molecular complexity index is 641. The summed E-state index contributed by atoms with van der Waals surface area (Å²) in [5, 5.41) is 0. The van der Waals surface area contributed by atoms with Gasteiger partial charge in [0.15, 0.2) is 0 Å². The zero-order chi connectivity index (χ0) is 11.7. The third kappa shape index (κ3) is 1.76. The van der Waals surface area contributed by atoms with Gasteiger partial charge in [0.25, 0.3) is 0 Å². The molecule has 2 aromatic heterocycles. The summed E-state index contributed by atoms with van der Waals surface area (Å²) in [6.45, 7) is 0. The molecular weight excluding hydrogens is 212 g/mol. The first-order valence-corrected chi connectivity index (χ1v) is 5.44. The van der Waals surface area contributed by atoms with Gasteiger partial charge in [-0.25, -0.2) is 0 Å². The van der Waals surface area contributed by atoms with Crippen molar-refractivity contribution in [3.63, 3.8) is 0 Å². The first kappa shape index (κ1) is 9.90. The highest BCUT2D eigenvalue weighted by Crippen LogP contribution is 2.20. The van der Waals surface area contributed by atoms with E-state index in [0.29, 0.717) is 0 Å². The number of hydrogen-bond donors (Lipinski definition) is 0. The van der Waals surface area contributed by atoms with E-state index in [1.54, 1.807) is 7.11 Å². The maximum atomic E-state index is 5.14. The van der Waals surface area contributed by atoms with Crippen molar-refractivity contribution in [3.05, 3.63) is 55.0 Å². The van der Waals surface area contributed by atoms with Crippen molar-refractivity contribution < 1.29 is 4.74 Å². The number of ether oxygens (including phenoxy) is 1. The quantitative estimate of drug-likeness (QED) is 0.669. The van der Waals surface area contributed by atoms with Gasteiger partial charge in [0.1, 0.15) is 5.75 Å². The molecular formula is C14H12N2O. The zero-order valence-corrected chi connectivity index (χ0v) is 9.50. The molecule has 0 unspecified atom stereocenters. The molecule has 3 rings (SSSR count). The lowest BCUT2D eigenvalue weighted by Gasteiger charge is -2.04. The van der Waals surface area contributed by atoms with Gasteiger partial charge < -0.3 is 9.14 Å². The highest BCUT2D eigenvalue weighted by Gasteiger charge is 2.01. The van der Waals surface area contributed by atoms with Gasteiger partial charge in [-0.15, -0.1) is 0 Å². The Morgan fingerprint density at radius 1 is 1.12 bits per heavy atom. The molecule has 0 atom stereocenters. The van der Waals surface area contributed by atoms with Crippen molar-refractivity contribution in [3.8, 4) is 17.0 Å². The fourth-order valence-electron chi connectivity index (χ4n) is 1.85. The second-order valence-corrected chi connectivity index (χ2v) is 3.84. The number of fused-ring (bicyclic) bond motifs is 1. The van der Waals surface area contributed by atoms with Crippen LogP contribution in [0.4, 0.5) is 0 Å². The van der Waals surface area contributed by atoms with Crippen molar-refractivity contribution >= 4 is 5.52 Å². The predicted molar refractivity (Wildman–Crippen MR) is 67.2 cm³/mol. The van der Waals surface area contributed by atoms with Crippen LogP contribution >= 0.6 is 0 Å². The van der Waals surface area contributed by atoms with E-state index < -0.39 is 0 Å². The SMILES string of the molecule is COc1ccc(-c2cn3cccc3cn2)cc1. The molecule has 0 aliphatic rings. The van der Waals surface area contributed by atoms with E-state index in [-0.39, 0.29) is 0 Å². The number of rotatable bonds is 2. The summed E-state index contributed by atoms with van der Waals surface area (Å²) in [5.74, 6) is 0.857. The summed E-state index contributed by atoms with van der Waals surface area (Å²) in [6.07, 6.45) is 5.92.